The van der Waals surface area contributed by atoms with Crippen LogP contribution >= 0.6 is 0 Å². The third kappa shape index (κ3) is 5.42. The molecule has 0 spiro atoms. The number of hydrogen-bond acceptors (Lipinski definition) is 3. The normalized spacial score (nSPS) is 10.4. The van der Waals surface area contributed by atoms with Gasteiger partial charge in [-0.15, -0.1) is 0 Å². The Hall–Kier alpha value is -2.83. The van der Waals surface area contributed by atoms with Gasteiger partial charge in [-0.2, -0.15) is 5.10 Å². The van der Waals surface area contributed by atoms with Crippen LogP contribution in [-0.2, 0) is 24.3 Å². The minimum Gasteiger partial charge on any atom is -0.481 e. The number of nitrogens with one attached hydrogen (secondary N) is 1. The molecule has 0 bridgehead atoms. The van der Waals surface area contributed by atoms with Crippen LogP contribution in [0.25, 0.3) is 0 Å². The van der Waals surface area contributed by atoms with E-state index in [0.29, 0.717) is 6.54 Å². The molecule has 1 heterocycles. The topological polar surface area (TPSA) is 87.5 Å². The molecule has 2 amide bonds. The molecule has 0 saturated heterocycles. The number of nitrogens with zero attached hydrogens (tertiary/aromatic N) is 3. The molecule has 0 unspecified atom stereocenters. The maximum absolute atomic E-state index is 11.9. The first kappa shape index (κ1) is 17.5. The molecule has 0 aliphatic carbocycles. The van der Waals surface area contributed by atoms with Crippen LogP contribution in [0.15, 0.2) is 42.6 Å². The Labute approximate surface area is 140 Å². The molecule has 2 N–H and O–H groups in total. The van der Waals surface area contributed by atoms with E-state index in [0.717, 1.165) is 18.7 Å². The average Bonchev–Trinajstić information content (AvgIpc) is 3.04. The zero-order chi connectivity index (χ0) is 17.4. The van der Waals surface area contributed by atoms with E-state index in [1.807, 2.05) is 28.9 Å². The van der Waals surface area contributed by atoms with Crippen LogP contribution in [0.2, 0.25) is 0 Å². The Morgan fingerprint density at radius 1 is 1.25 bits per heavy atom. The molecule has 0 saturated carbocycles. The number of carboxylic acid groups (broad SMARTS) is 1. The Morgan fingerprint density at radius 3 is 2.71 bits per heavy atom. The number of aryl methyl sites for hydroxylation is 2. The fourth-order valence-corrected chi connectivity index (χ4v) is 2.26. The van der Waals surface area contributed by atoms with E-state index in [-0.39, 0.29) is 19.0 Å². The highest BCUT2D eigenvalue weighted by Gasteiger charge is 2.11. The second-order valence-corrected chi connectivity index (χ2v) is 5.51. The van der Waals surface area contributed by atoms with Crippen molar-refractivity contribution >= 4 is 12.0 Å². The Morgan fingerprint density at radius 2 is 2.00 bits per heavy atom. The van der Waals surface area contributed by atoms with Gasteiger partial charge >= 0.3 is 12.0 Å². The highest BCUT2D eigenvalue weighted by molar-refractivity contribution is 5.74. The summed E-state index contributed by atoms with van der Waals surface area (Å²) in [6.07, 6.45) is 2.50. The van der Waals surface area contributed by atoms with Crippen molar-refractivity contribution in [3.8, 4) is 0 Å². The highest BCUT2D eigenvalue weighted by atomic mass is 16.4. The van der Waals surface area contributed by atoms with Gasteiger partial charge in [0.25, 0.3) is 0 Å². The quantitative estimate of drug-likeness (QED) is 0.772. The molecule has 2 rings (SSSR count). The summed E-state index contributed by atoms with van der Waals surface area (Å²) < 4.78 is 1.87. The van der Waals surface area contributed by atoms with Crippen LogP contribution < -0.4 is 5.32 Å². The summed E-state index contributed by atoms with van der Waals surface area (Å²) in [4.78, 5) is 23.8. The molecule has 7 heteroatoms. The number of hydrogen-bond donors (Lipinski definition) is 2. The lowest BCUT2D eigenvalue weighted by Gasteiger charge is -2.17. The van der Waals surface area contributed by atoms with E-state index in [1.165, 1.54) is 10.5 Å². The van der Waals surface area contributed by atoms with Crippen molar-refractivity contribution in [1.82, 2.24) is 20.0 Å². The number of urea groups is 1. The molecule has 7 nitrogen and oxygen atoms in total. The lowest BCUT2D eigenvalue weighted by Crippen LogP contribution is -2.38. The molecule has 0 atom stereocenters. The van der Waals surface area contributed by atoms with E-state index in [9.17, 15) is 9.59 Å². The second kappa shape index (κ2) is 8.71. The number of carbonyl (C=O) groups is 2. The van der Waals surface area contributed by atoms with Gasteiger partial charge in [0.15, 0.2) is 0 Å². The monoisotopic (exact) mass is 330 g/mol. The van der Waals surface area contributed by atoms with E-state index in [4.69, 9.17) is 5.11 Å². The van der Waals surface area contributed by atoms with Gasteiger partial charge in [0.05, 0.1) is 18.7 Å². The Bertz CT molecular complexity index is 669. The number of carboxylic acids is 1. The Kier molecular flexibility index (Phi) is 6.36. The third-order valence-electron chi connectivity index (χ3n) is 3.69. The van der Waals surface area contributed by atoms with Crippen LogP contribution in [0.4, 0.5) is 4.79 Å². The maximum atomic E-state index is 11.9. The van der Waals surface area contributed by atoms with Gasteiger partial charge < -0.3 is 15.3 Å². The highest BCUT2D eigenvalue weighted by Crippen LogP contribution is 2.05. The Balaban J connectivity index is 1.82. The molecule has 0 fully saturated rings. The number of amides is 2. The summed E-state index contributed by atoms with van der Waals surface area (Å²) in [7, 11) is 1.57. The van der Waals surface area contributed by atoms with Crippen molar-refractivity contribution in [3.63, 3.8) is 0 Å². The average molecular weight is 330 g/mol. The third-order valence-corrected chi connectivity index (χ3v) is 3.69. The number of aliphatic carboxylic acids is 1. The first-order valence-electron chi connectivity index (χ1n) is 7.81. The number of rotatable bonds is 8. The zero-order valence-corrected chi connectivity index (χ0v) is 13.7. The minimum atomic E-state index is -0.923. The number of carbonyl (C=O) groups excluding carboxylic acids is 1. The summed E-state index contributed by atoms with van der Waals surface area (Å²) in [5.74, 6) is -0.923. The van der Waals surface area contributed by atoms with Crippen LogP contribution in [0.5, 0.6) is 0 Å². The van der Waals surface area contributed by atoms with E-state index >= 15 is 0 Å². The molecular formula is C17H22N4O3. The summed E-state index contributed by atoms with van der Waals surface area (Å²) in [5, 5.41) is 15.7. The largest absolute Gasteiger partial charge is 0.481 e. The first-order chi connectivity index (χ1) is 11.6. The van der Waals surface area contributed by atoms with Crippen LogP contribution in [-0.4, -0.2) is 45.4 Å². The van der Waals surface area contributed by atoms with Crippen LogP contribution in [0.1, 0.15) is 17.7 Å². The second-order valence-electron chi connectivity index (χ2n) is 5.51. The van der Waals surface area contributed by atoms with Gasteiger partial charge in [-0.1, -0.05) is 30.3 Å². The molecular weight excluding hydrogens is 308 g/mol. The minimum absolute atomic E-state index is 0.0705. The van der Waals surface area contributed by atoms with Crippen molar-refractivity contribution in [2.45, 2.75) is 25.9 Å². The predicted molar refractivity (Wildman–Crippen MR) is 89.5 cm³/mol. The fraction of sp³-hybridized carbons (Fsp3) is 0.353. The fourth-order valence-electron chi connectivity index (χ4n) is 2.26. The van der Waals surface area contributed by atoms with E-state index in [1.54, 1.807) is 13.2 Å². The summed E-state index contributed by atoms with van der Waals surface area (Å²) in [6.45, 7) is 1.26. The molecule has 128 valence electrons. The van der Waals surface area contributed by atoms with Gasteiger partial charge in [0, 0.05) is 26.3 Å². The van der Waals surface area contributed by atoms with Crippen LogP contribution in [0.3, 0.4) is 0 Å². The standard InChI is InChI=1S/C17H22N4O3/c1-20(11-9-16(22)23)17(24)18-13-15-7-10-19-21(15)12-8-14-5-3-2-4-6-14/h2-7,10H,8-9,11-13H2,1H3,(H,18,24)(H,22,23). The smallest absolute Gasteiger partial charge is 0.317 e. The van der Waals surface area contributed by atoms with Gasteiger partial charge in [0.2, 0.25) is 0 Å². The molecule has 1 aromatic heterocycles. The SMILES string of the molecule is CN(CCC(=O)O)C(=O)NCc1ccnn1CCc1ccccc1. The molecule has 0 aliphatic rings. The van der Waals surface area contributed by atoms with E-state index < -0.39 is 5.97 Å². The van der Waals surface area contributed by atoms with Gasteiger partial charge in [-0.05, 0) is 18.1 Å². The van der Waals surface area contributed by atoms with Crippen LogP contribution in [0, 0.1) is 0 Å². The number of aromatic nitrogens is 2. The number of benzene rings is 1. The molecule has 2 aromatic rings. The maximum Gasteiger partial charge on any atom is 0.317 e. The molecule has 0 aliphatic heterocycles. The van der Waals surface area contributed by atoms with Gasteiger partial charge in [0.1, 0.15) is 0 Å². The zero-order valence-electron chi connectivity index (χ0n) is 13.7. The lowest BCUT2D eigenvalue weighted by molar-refractivity contribution is -0.137. The van der Waals surface area contributed by atoms with Gasteiger partial charge in [-0.3, -0.25) is 9.48 Å². The molecule has 24 heavy (non-hydrogen) atoms. The van der Waals surface area contributed by atoms with Gasteiger partial charge in [-0.25, -0.2) is 4.79 Å². The van der Waals surface area contributed by atoms with E-state index in [2.05, 4.69) is 22.5 Å². The summed E-state index contributed by atoms with van der Waals surface area (Å²) in [5.41, 5.74) is 2.14. The molecule has 1 aromatic carbocycles. The van der Waals surface area contributed by atoms with Crippen molar-refractivity contribution in [2.24, 2.45) is 0 Å². The van der Waals surface area contributed by atoms with Crippen molar-refractivity contribution in [2.75, 3.05) is 13.6 Å². The summed E-state index contributed by atoms with van der Waals surface area (Å²) >= 11 is 0. The molecule has 0 radical (unpaired) electrons. The first-order valence-corrected chi connectivity index (χ1v) is 7.81. The predicted octanol–water partition coefficient (Wildman–Crippen LogP) is 1.74. The van der Waals surface area contributed by atoms with Crippen molar-refractivity contribution < 1.29 is 14.7 Å². The van der Waals surface area contributed by atoms with Crippen molar-refractivity contribution in [3.05, 3.63) is 53.9 Å². The summed E-state index contributed by atoms with van der Waals surface area (Å²) in [6, 6.07) is 11.7. The lowest BCUT2D eigenvalue weighted by atomic mass is 10.1. The van der Waals surface area contributed by atoms with Crippen molar-refractivity contribution in [1.29, 1.82) is 0 Å².